The van der Waals surface area contributed by atoms with Gasteiger partial charge in [-0.25, -0.2) is 15.0 Å². The highest BCUT2D eigenvalue weighted by Crippen LogP contribution is 2.47. The van der Waals surface area contributed by atoms with E-state index in [1.807, 2.05) is 4.57 Å². The SMILES string of the molecule is CC(C)(C)[Si](C)(C)O[C@H]1C[C@H]2O[C@@H]1[C@H](O)c1nc3c(N)ncnc3n12. The van der Waals surface area contributed by atoms with Gasteiger partial charge in [-0.2, -0.15) is 0 Å². The Morgan fingerprint density at radius 1 is 1.36 bits per heavy atom. The first-order chi connectivity index (χ1) is 11.6. The lowest BCUT2D eigenvalue weighted by atomic mass is 10.1. The molecule has 2 aromatic rings. The number of ether oxygens (including phenoxy) is 1. The van der Waals surface area contributed by atoms with Crippen LogP contribution in [0.25, 0.3) is 11.2 Å². The van der Waals surface area contributed by atoms with Crippen molar-refractivity contribution < 1.29 is 14.3 Å². The van der Waals surface area contributed by atoms with Crippen LogP contribution in [-0.4, -0.2) is 45.2 Å². The van der Waals surface area contributed by atoms with E-state index in [1.54, 1.807) is 0 Å². The molecule has 4 atom stereocenters. The van der Waals surface area contributed by atoms with Crippen molar-refractivity contribution >= 4 is 25.3 Å². The number of anilines is 1. The van der Waals surface area contributed by atoms with Crippen LogP contribution in [0.15, 0.2) is 6.33 Å². The summed E-state index contributed by atoms with van der Waals surface area (Å²) < 4.78 is 14.5. The number of rotatable bonds is 2. The van der Waals surface area contributed by atoms with Gasteiger partial charge in [-0.3, -0.25) is 4.57 Å². The second kappa shape index (κ2) is 5.23. The normalized spacial score (nSPS) is 29.2. The third-order valence-electron chi connectivity index (χ3n) is 5.76. The Kier molecular flexibility index (Phi) is 3.53. The van der Waals surface area contributed by atoms with E-state index in [0.717, 1.165) is 0 Å². The highest BCUT2D eigenvalue weighted by atomic mass is 28.4. The monoisotopic (exact) mass is 363 g/mol. The zero-order chi connectivity index (χ0) is 18.1. The predicted molar refractivity (Wildman–Crippen MR) is 95.3 cm³/mol. The zero-order valence-corrected chi connectivity index (χ0v) is 16.2. The lowest BCUT2D eigenvalue weighted by Gasteiger charge is -2.39. The van der Waals surface area contributed by atoms with Gasteiger partial charge in [0.1, 0.15) is 30.6 Å². The molecule has 1 saturated heterocycles. The molecule has 9 heteroatoms. The van der Waals surface area contributed by atoms with Gasteiger partial charge in [0.25, 0.3) is 0 Å². The van der Waals surface area contributed by atoms with Crippen LogP contribution in [-0.2, 0) is 9.16 Å². The van der Waals surface area contributed by atoms with Crippen LogP contribution < -0.4 is 5.73 Å². The van der Waals surface area contributed by atoms with Gasteiger partial charge in [-0.1, -0.05) is 20.8 Å². The molecule has 0 aromatic carbocycles. The molecule has 4 rings (SSSR count). The average Bonchev–Trinajstić information content (AvgIpc) is 3.05. The van der Waals surface area contributed by atoms with Gasteiger partial charge >= 0.3 is 0 Å². The van der Waals surface area contributed by atoms with Crippen molar-refractivity contribution in [3.63, 3.8) is 0 Å². The van der Waals surface area contributed by atoms with Crippen LogP contribution in [0.4, 0.5) is 5.82 Å². The molecule has 4 heterocycles. The third-order valence-corrected chi connectivity index (χ3v) is 10.3. The number of hydrogen-bond donors (Lipinski definition) is 2. The first-order valence-corrected chi connectivity index (χ1v) is 11.5. The topological polar surface area (TPSA) is 108 Å². The van der Waals surface area contributed by atoms with E-state index < -0.39 is 20.5 Å². The van der Waals surface area contributed by atoms with Gasteiger partial charge in [0.2, 0.25) is 0 Å². The van der Waals surface area contributed by atoms with Gasteiger partial charge in [0, 0.05) is 6.42 Å². The Labute approximate surface area is 147 Å². The summed E-state index contributed by atoms with van der Waals surface area (Å²) in [6.07, 6.45) is 0.370. The van der Waals surface area contributed by atoms with E-state index in [2.05, 4.69) is 48.8 Å². The molecule has 3 N–H and O–H groups in total. The Balaban J connectivity index is 1.70. The molecule has 25 heavy (non-hydrogen) atoms. The summed E-state index contributed by atoms with van der Waals surface area (Å²) in [5.74, 6) is 0.842. The number of nitrogens with zero attached hydrogens (tertiary/aromatic N) is 4. The van der Waals surface area contributed by atoms with Crippen molar-refractivity contribution in [2.24, 2.45) is 0 Å². The van der Waals surface area contributed by atoms with Gasteiger partial charge < -0.3 is 20.0 Å². The summed E-state index contributed by atoms with van der Waals surface area (Å²) in [4.78, 5) is 12.8. The fourth-order valence-electron chi connectivity index (χ4n) is 3.35. The lowest BCUT2D eigenvalue weighted by Crippen LogP contribution is -2.47. The van der Waals surface area contributed by atoms with Crippen LogP contribution in [0.2, 0.25) is 18.1 Å². The van der Waals surface area contributed by atoms with E-state index in [9.17, 15) is 5.11 Å². The standard InChI is InChI=1S/C16H25N5O3Si/c1-16(2,3)25(4,5)24-8-6-9-21-14-10(13(17)18-7-19-14)20-15(21)11(22)12(8)23-9/h7-9,11-12,22H,6H2,1-5H3,(H2,17,18,19)/t8-,9+,11-,12-/m0/s1. The summed E-state index contributed by atoms with van der Waals surface area (Å²) in [5, 5.41) is 10.9. The molecule has 1 fully saturated rings. The largest absolute Gasteiger partial charge is 0.411 e. The molecule has 2 bridgehead atoms. The fourth-order valence-corrected chi connectivity index (χ4v) is 4.70. The zero-order valence-electron chi connectivity index (χ0n) is 15.2. The van der Waals surface area contributed by atoms with Crippen LogP contribution in [0.5, 0.6) is 0 Å². The number of fused-ring (bicyclic) bond motifs is 6. The third kappa shape index (κ3) is 2.41. The van der Waals surface area contributed by atoms with Gasteiger partial charge in [-0.05, 0) is 18.1 Å². The maximum Gasteiger partial charge on any atom is 0.192 e. The van der Waals surface area contributed by atoms with Crippen molar-refractivity contribution in [2.75, 3.05) is 5.73 Å². The number of hydrogen-bond acceptors (Lipinski definition) is 7. The number of imidazole rings is 1. The van der Waals surface area contributed by atoms with Crippen LogP contribution in [0, 0.1) is 0 Å². The number of nitrogens with two attached hydrogens (primary N) is 1. The van der Waals surface area contributed by atoms with Crippen LogP contribution >= 0.6 is 0 Å². The molecule has 2 aromatic heterocycles. The van der Waals surface area contributed by atoms with Gasteiger partial charge in [0.05, 0.1) is 6.10 Å². The predicted octanol–water partition coefficient (Wildman–Crippen LogP) is 2.13. The van der Waals surface area contributed by atoms with Crippen molar-refractivity contribution in [3.05, 3.63) is 12.2 Å². The summed E-state index contributed by atoms with van der Waals surface area (Å²) in [6, 6.07) is 0. The number of aromatic nitrogens is 4. The van der Waals surface area contributed by atoms with Crippen LogP contribution in [0.1, 0.15) is 45.3 Å². The number of nitrogen functional groups attached to an aromatic ring is 1. The molecule has 0 saturated carbocycles. The summed E-state index contributed by atoms with van der Waals surface area (Å²) in [5.41, 5.74) is 7.01. The quantitative estimate of drug-likeness (QED) is 0.787. The first-order valence-electron chi connectivity index (χ1n) is 8.60. The minimum absolute atomic E-state index is 0.0938. The summed E-state index contributed by atoms with van der Waals surface area (Å²) in [6.45, 7) is 11.0. The number of aliphatic hydroxyl groups is 1. The van der Waals surface area contributed by atoms with Crippen LogP contribution in [0.3, 0.4) is 0 Å². The van der Waals surface area contributed by atoms with E-state index in [0.29, 0.717) is 29.2 Å². The van der Waals surface area contributed by atoms with Gasteiger partial charge in [-0.15, -0.1) is 0 Å². The summed E-state index contributed by atoms with van der Waals surface area (Å²) >= 11 is 0. The van der Waals surface area contributed by atoms with Gasteiger partial charge in [0.15, 0.2) is 25.3 Å². The highest BCUT2D eigenvalue weighted by molar-refractivity contribution is 6.74. The van der Waals surface area contributed by atoms with E-state index in [1.165, 1.54) is 6.33 Å². The minimum atomic E-state index is -1.97. The maximum atomic E-state index is 10.8. The maximum absolute atomic E-state index is 10.8. The smallest absolute Gasteiger partial charge is 0.192 e. The first kappa shape index (κ1) is 16.9. The molecule has 8 nitrogen and oxygen atoms in total. The Hall–Kier alpha value is -1.55. The average molecular weight is 363 g/mol. The molecule has 0 spiro atoms. The molecule has 0 radical (unpaired) electrons. The molecule has 0 unspecified atom stereocenters. The second-order valence-electron chi connectivity index (χ2n) is 8.42. The summed E-state index contributed by atoms with van der Waals surface area (Å²) in [7, 11) is -1.97. The molecular weight excluding hydrogens is 338 g/mol. The van der Waals surface area contributed by atoms with Crippen molar-refractivity contribution in [1.29, 1.82) is 0 Å². The van der Waals surface area contributed by atoms with E-state index in [-0.39, 0.29) is 17.4 Å². The minimum Gasteiger partial charge on any atom is -0.411 e. The Morgan fingerprint density at radius 3 is 2.76 bits per heavy atom. The highest BCUT2D eigenvalue weighted by Gasteiger charge is 2.52. The Morgan fingerprint density at radius 2 is 2.08 bits per heavy atom. The van der Waals surface area contributed by atoms with E-state index >= 15 is 0 Å². The molecule has 0 amide bonds. The second-order valence-corrected chi connectivity index (χ2v) is 13.2. The van der Waals surface area contributed by atoms with E-state index in [4.69, 9.17) is 14.9 Å². The van der Waals surface area contributed by atoms with Crippen molar-refractivity contribution in [2.45, 2.75) is 69.9 Å². The molecule has 2 aliphatic heterocycles. The molecule has 136 valence electrons. The Bertz CT molecular complexity index is 831. The molecule has 2 aliphatic rings. The fraction of sp³-hybridized carbons (Fsp3) is 0.688. The van der Waals surface area contributed by atoms with Crippen molar-refractivity contribution in [1.82, 2.24) is 19.5 Å². The molecule has 0 aliphatic carbocycles. The lowest BCUT2D eigenvalue weighted by molar-refractivity contribution is -0.108. The van der Waals surface area contributed by atoms with Crippen molar-refractivity contribution in [3.8, 4) is 0 Å². The number of aliphatic hydroxyl groups excluding tert-OH is 1. The molecular formula is C16H25N5O3Si.